The summed E-state index contributed by atoms with van der Waals surface area (Å²) in [6.45, 7) is 7.39. The average molecular weight is 526 g/mol. The van der Waals surface area contributed by atoms with Gasteiger partial charge in [0.25, 0.3) is 0 Å². The summed E-state index contributed by atoms with van der Waals surface area (Å²) in [5, 5.41) is 12.8. The summed E-state index contributed by atoms with van der Waals surface area (Å²) in [4.78, 5) is 28.7. The predicted octanol–water partition coefficient (Wildman–Crippen LogP) is 6.13. The standard InChI is InChI=1S/C31H43NO4S/c1-27(2)16-29(36-35-18-27)12-13-31-26-21(10-11-30(31,34)17-29)23-8-9-25(33)28(23,3)15-22(26)20-7-6-19(32(4)5)14-24(20)37-31/h6-7,14,21-23,26,34H,8-13,15-18H2,1-5H3/t21-,22+,23-,26+,28-,29?,30+,31-/m0/s1. The van der Waals surface area contributed by atoms with Crippen molar-refractivity contribution in [1.29, 1.82) is 0 Å². The molecule has 0 radical (unpaired) electrons. The second-order valence-electron chi connectivity index (χ2n) is 14.7. The number of carbonyl (C=O) groups excluding carboxylic acids is 1. The summed E-state index contributed by atoms with van der Waals surface area (Å²) in [5.41, 5.74) is 1.22. The second-order valence-corrected chi connectivity index (χ2v) is 16.1. The Labute approximate surface area is 226 Å². The van der Waals surface area contributed by atoms with Gasteiger partial charge in [0.15, 0.2) is 0 Å². The van der Waals surface area contributed by atoms with Crippen molar-refractivity contribution in [3.63, 3.8) is 0 Å². The van der Waals surface area contributed by atoms with Crippen LogP contribution in [0.5, 0.6) is 0 Å². The molecule has 7 rings (SSSR count). The molecule has 0 aromatic heterocycles. The number of anilines is 1. The molecule has 1 saturated heterocycles. The third kappa shape index (κ3) is 3.31. The van der Waals surface area contributed by atoms with Crippen molar-refractivity contribution in [3.05, 3.63) is 23.8 Å². The molecule has 6 heteroatoms. The van der Waals surface area contributed by atoms with E-state index in [4.69, 9.17) is 9.78 Å². The molecule has 6 aliphatic rings. The number of hydrogen-bond acceptors (Lipinski definition) is 6. The molecule has 4 aliphatic carbocycles. The topological polar surface area (TPSA) is 59.0 Å². The highest BCUT2D eigenvalue weighted by atomic mass is 32.2. The van der Waals surface area contributed by atoms with Crippen LogP contribution in [-0.4, -0.2) is 47.5 Å². The van der Waals surface area contributed by atoms with E-state index in [-0.39, 0.29) is 15.6 Å². The lowest BCUT2D eigenvalue weighted by molar-refractivity contribution is -0.419. The SMILES string of the molecule is CN(C)c1ccc2c(c1)S[C@]13CCC4(CC(C)(C)COO4)C[C@]1(O)CC[C@@H]1[C@@H]3[C@@H]2C[C@]2(C)C(=O)CC[C@@H]12. The van der Waals surface area contributed by atoms with Gasteiger partial charge in [-0.15, -0.1) is 11.8 Å². The lowest BCUT2D eigenvalue weighted by atomic mass is 9.44. The average Bonchev–Trinajstić information content (AvgIpc) is 3.12. The molecular weight excluding hydrogens is 482 g/mol. The van der Waals surface area contributed by atoms with E-state index in [2.05, 4.69) is 58.0 Å². The zero-order valence-electron chi connectivity index (χ0n) is 23.1. The fourth-order valence-corrected chi connectivity index (χ4v) is 12.2. The fraction of sp³-hybridized carbons (Fsp3) is 0.774. The van der Waals surface area contributed by atoms with Crippen LogP contribution in [0.2, 0.25) is 0 Å². The molecular formula is C31H43NO4S. The minimum absolute atomic E-state index is 0.0443. The summed E-state index contributed by atoms with van der Waals surface area (Å²) in [6.07, 6.45) is 7.94. The summed E-state index contributed by atoms with van der Waals surface area (Å²) in [5.74, 6) is 2.15. The Hall–Kier alpha value is -1.08. The van der Waals surface area contributed by atoms with E-state index in [1.807, 2.05) is 11.8 Å². The van der Waals surface area contributed by atoms with Gasteiger partial charge in [0.1, 0.15) is 11.4 Å². The molecule has 1 aromatic rings. The molecule has 1 N–H and O–H groups in total. The van der Waals surface area contributed by atoms with Crippen LogP contribution in [-0.2, 0) is 14.6 Å². The first-order valence-corrected chi connectivity index (χ1v) is 15.3. The smallest absolute Gasteiger partial charge is 0.139 e. The number of carbonyl (C=O) groups is 1. The lowest BCUT2D eigenvalue weighted by Crippen LogP contribution is -2.71. The number of rotatable bonds is 1. The van der Waals surface area contributed by atoms with Crippen molar-refractivity contribution in [2.75, 3.05) is 25.6 Å². The van der Waals surface area contributed by atoms with Crippen LogP contribution in [0.4, 0.5) is 5.69 Å². The maximum absolute atomic E-state index is 13.3. The number of aliphatic hydroxyl groups is 1. The van der Waals surface area contributed by atoms with Crippen LogP contribution < -0.4 is 4.90 Å². The fourth-order valence-electron chi connectivity index (χ4n) is 10.2. The lowest BCUT2D eigenvalue weighted by Gasteiger charge is -2.69. The summed E-state index contributed by atoms with van der Waals surface area (Å²) < 4.78 is -0.248. The normalized spacial score (nSPS) is 47.6. The second kappa shape index (κ2) is 7.77. The predicted molar refractivity (Wildman–Crippen MR) is 146 cm³/mol. The van der Waals surface area contributed by atoms with Crippen molar-refractivity contribution in [3.8, 4) is 0 Å². The Bertz CT molecular complexity index is 1150. The number of ketones is 1. The van der Waals surface area contributed by atoms with Crippen LogP contribution in [0, 0.1) is 28.6 Å². The molecule has 37 heavy (non-hydrogen) atoms. The van der Waals surface area contributed by atoms with Gasteiger partial charge in [-0.2, -0.15) is 0 Å². The Morgan fingerprint density at radius 2 is 1.89 bits per heavy atom. The van der Waals surface area contributed by atoms with E-state index in [0.29, 0.717) is 42.5 Å². The summed E-state index contributed by atoms with van der Waals surface area (Å²) in [6, 6.07) is 6.93. The molecule has 2 heterocycles. The maximum Gasteiger partial charge on any atom is 0.139 e. The van der Waals surface area contributed by atoms with Crippen LogP contribution in [0.3, 0.4) is 0 Å². The van der Waals surface area contributed by atoms with Gasteiger partial charge in [-0.05, 0) is 91.7 Å². The minimum atomic E-state index is -0.811. The van der Waals surface area contributed by atoms with Gasteiger partial charge in [-0.1, -0.05) is 26.8 Å². The van der Waals surface area contributed by atoms with E-state index in [9.17, 15) is 9.90 Å². The molecule has 4 saturated carbocycles. The molecule has 2 spiro atoms. The monoisotopic (exact) mass is 525 g/mol. The Morgan fingerprint density at radius 1 is 1.08 bits per heavy atom. The van der Waals surface area contributed by atoms with Gasteiger partial charge in [-0.3, -0.25) is 4.79 Å². The molecule has 5 fully saturated rings. The van der Waals surface area contributed by atoms with Crippen molar-refractivity contribution >= 4 is 23.2 Å². The highest BCUT2D eigenvalue weighted by molar-refractivity contribution is 8.01. The first-order valence-electron chi connectivity index (χ1n) is 14.5. The molecule has 0 amide bonds. The number of nitrogens with zero attached hydrogens (tertiary/aromatic N) is 1. The van der Waals surface area contributed by atoms with Crippen LogP contribution in [0.15, 0.2) is 23.1 Å². The molecule has 2 aliphatic heterocycles. The van der Waals surface area contributed by atoms with Crippen molar-refractivity contribution in [2.24, 2.45) is 28.6 Å². The molecule has 0 bridgehead atoms. The number of thioether (sulfide) groups is 1. The Balaban J connectivity index is 1.37. The van der Waals surface area contributed by atoms with E-state index in [1.54, 1.807) is 0 Å². The van der Waals surface area contributed by atoms with E-state index >= 15 is 0 Å². The number of hydrogen-bond donors (Lipinski definition) is 1. The van der Waals surface area contributed by atoms with E-state index in [0.717, 1.165) is 51.4 Å². The van der Waals surface area contributed by atoms with Crippen LogP contribution >= 0.6 is 11.8 Å². The highest BCUT2D eigenvalue weighted by Crippen LogP contribution is 2.74. The van der Waals surface area contributed by atoms with Crippen molar-refractivity contribution < 1.29 is 19.7 Å². The van der Waals surface area contributed by atoms with Gasteiger partial charge in [0.2, 0.25) is 0 Å². The van der Waals surface area contributed by atoms with Crippen LogP contribution in [0.25, 0.3) is 0 Å². The summed E-state index contributed by atoms with van der Waals surface area (Å²) in [7, 11) is 4.19. The Morgan fingerprint density at radius 3 is 2.65 bits per heavy atom. The van der Waals surface area contributed by atoms with Gasteiger partial charge < -0.3 is 10.0 Å². The Kier molecular flexibility index (Phi) is 5.23. The number of benzene rings is 1. The first kappa shape index (κ1) is 24.9. The maximum atomic E-state index is 13.3. The zero-order valence-corrected chi connectivity index (χ0v) is 24.0. The quantitative estimate of drug-likeness (QED) is 0.445. The number of Topliss-reactive ketones (excluding diaryl/α,β-unsaturated/α-hetero) is 1. The largest absolute Gasteiger partial charge is 0.388 e. The van der Waals surface area contributed by atoms with Gasteiger partial charge >= 0.3 is 0 Å². The van der Waals surface area contributed by atoms with Gasteiger partial charge in [0, 0.05) is 42.9 Å². The molecule has 202 valence electrons. The highest BCUT2D eigenvalue weighted by Gasteiger charge is 2.72. The van der Waals surface area contributed by atoms with Gasteiger partial charge in [0.05, 0.1) is 17.0 Å². The summed E-state index contributed by atoms with van der Waals surface area (Å²) >= 11 is 1.98. The molecule has 8 atom stereocenters. The molecule has 5 nitrogen and oxygen atoms in total. The van der Waals surface area contributed by atoms with Crippen molar-refractivity contribution in [2.45, 2.75) is 105 Å². The van der Waals surface area contributed by atoms with E-state index < -0.39 is 11.2 Å². The van der Waals surface area contributed by atoms with E-state index in [1.165, 1.54) is 16.1 Å². The minimum Gasteiger partial charge on any atom is -0.388 e. The first-order chi connectivity index (χ1) is 17.4. The van der Waals surface area contributed by atoms with Gasteiger partial charge in [-0.25, -0.2) is 9.78 Å². The third-order valence-corrected chi connectivity index (χ3v) is 13.5. The molecule has 1 unspecified atom stereocenters. The van der Waals surface area contributed by atoms with Crippen LogP contribution in [0.1, 0.15) is 90.0 Å². The zero-order chi connectivity index (χ0) is 26.0. The molecule has 1 aromatic carbocycles. The number of fused-ring (bicyclic) bond motifs is 4. The van der Waals surface area contributed by atoms with Crippen molar-refractivity contribution in [1.82, 2.24) is 0 Å². The third-order valence-electron chi connectivity index (χ3n) is 11.7.